The van der Waals surface area contributed by atoms with Gasteiger partial charge in [-0.3, -0.25) is 19.7 Å². The van der Waals surface area contributed by atoms with Crippen LogP contribution in [-0.2, 0) is 9.59 Å². The van der Waals surface area contributed by atoms with E-state index in [2.05, 4.69) is 5.32 Å². The first-order valence-electron chi connectivity index (χ1n) is 8.28. The minimum atomic E-state index is -0.490. The van der Waals surface area contributed by atoms with E-state index < -0.39 is 10.8 Å². The minimum Gasteiger partial charge on any atom is -0.325 e. The zero-order valence-corrected chi connectivity index (χ0v) is 14.6. The van der Waals surface area contributed by atoms with E-state index in [4.69, 9.17) is 0 Å². The fraction of sp³-hybridized carbons (Fsp3) is 0.263. The Hall–Kier alpha value is -3.22. The van der Waals surface area contributed by atoms with Gasteiger partial charge in [0.2, 0.25) is 11.8 Å². The maximum absolute atomic E-state index is 12.6. The summed E-state index contributed by atoms with van der Waals surface area (Å²) in [6.45, 7) is 4.10. The second-order valence-corrected chi connectivity index (χ2v) is 6.43. The quantitative estimate of drug-likeness (QED) is 0.675. The highest BCUT2D eigenvalue weighted by Gasteiger charge is 2.35. The number of carbonyl (C=O) groups is 2. The lowest BCUT2D eigenvalue weighted by atomic mass is 10.1. The van der Waals surface area contributed by atoms with Crippen LogP contribution in [0.4, 0.5) is 17.1 Å². The van der Waals surface area contributed by atoms with Crippen molar-refractivity contribution in [2.75, 3.05) is 16.8 Å². The summed E-state index contributed by atoms with van der Waals surface area (Å²) in [7, 11) is 0. The third-order valence-electron chi connectivity index (χ3n) is 4.60. The highest BCUT2D eigenvalue weighted by atomic mass is 16.6. The summed E-state index contributed by atoms with van der Waals surface area (Å²) in [4.78, 5) is 36.7. The monoisotopic (exact) mass is 353 g/mol. The summed E-state index contributed by atoms with van der Waals surface area (Å²) in [5.74, 6) is -0.822. The Balaban J connectivity index is 1.73. The molecule has 7 heteroatoms. The average Bonchev–Trinajstić information content (AvgIpc) is 3.00. The Morgan fingerprint density at radius 2 is 1.77 bits per heavy atom. The summed E-state index contributed by atoms with van der Waals surface area (Å²) < 4.78 is 0. The first-order chi connectivity index (χ1) is 12.4. The van der Waals surface area contributed by atoms with Gasteiger partial charge in [0.25, 0.3) is 5.69 Å². The topological polar surface area (TPSA) is 92.6 Å². The number of hydrogen-bond donors (Lipinski definition) is 1. The molecule has 2 amide bonds. The van der Waals surface area contributed by atoms with Gasteiger partial charge in [0.05, 0.1) is 10.8 Å². The van der Waals surface area contributed by atoms with Gasteiger partial charge in [-0.2, -0.15) is 0 Å². The van der Waals surface area contributed by atoms with E-state index in [1.54, 1.807) is 0 Å². The number of benzene rings is 2. The Bertz CT molecular complexity index is 857. The Morgan fingerprint density at radius 1 is 1.15 bits per heavy atom. The van der Waals surface area contributed by atoms with E-state index in [1.165, 1.54) is 29.2 Å². The Morgan fingerprint density at radius 3 is 2.35 bits per heavy atom. The van der Waals surface area contributed by atoms with Crippen molar-refractivity contribution >= 4 is 28.9 Å². The number of nitrogens with zero attached hydrogens (tertiary/aromatic N) is 2. The summed E-state index contributed by atoms with van der Waals surface area (Å²) >= 11 is 0. The van der Waals surface area contributed by atoms with E-state index in [1.807, 2.05) is 32.0 Å². The van der Waals surface area contributed by atoms with E-state index in [0.29, 0.717) is 5.69 Å². The molecule has 0 unspecified atom stereocenters. The average molecular weight is 353 g/mol. The molecule has 1 aliphatic heterocycles. The molecule has 134 valence electrons. The predicted octanol–water partition coefficient (Wildman–Crippen LogP) is 3.20. The number of carbonyl (C=O) groups excluding carboxylic acids is 2. The Kier molecular flexibility index (Phi) is 4.71. The molecule has 1 heterocycles. The van der Waals surface area contributed by atoms with Crippen molar-refractivity contribution in [3.8, 4) is 0 Å². The molecule has 1 saturated heterocycles. The first kappa shape index (κ1) is 17.6. The Labute approximate surface area is 150 Å². The van der Waals surface area contributed by atoms with Crippen molar-refractivity contribution in [3.63, 3.8) is 0 Å². The molecular formula is C19H19N3O4. The summed E-state index contributed by atoms with van der Waals surface area (Å²) in [5.41, 5.74) is 3.23. The zero-order chi connectivity index (χ0) is 18.8. The lowest BCUT2D eigenvalue weighted by Gasteiger charge is -2.17. The number of anilines is 2. The molecular weight excluding hydrogens is 334 g/mol. The van der Waals surface area contributed by atoms with Gasteiger partial charge in [-0.15, -0.1) is 0 Å². The molecule has 2 aromatic carbocycles. The van der Waals surface area contributed by atoms with Crippen LogP contribution in [0.5, 0.6) is 0 Å². The predicted molar refractivity (Wildman–Crippen MR) is 98.1 cm³/mol. The molecule has 2 aromatic rings. The number of hydrogen-bond acceptors (Lipinski definition) is 4. The van der Waals surface area contributed by atoms with Gasteiger partial charge >= 0.3 is 0 Å². The van der Waals surface area contributed by atoms with E-state index in [-0.39, 0.29) is 30.5 Å². The maximum atomic E-state index is 12.6. The van der Waals surface area contributed by atoms with Crippen molar-refractivity contribution < 1.29 is 14.5 Å². The van der Waals surface area contributed by atoms with E-state index in [9.17, 15) is 19.7 Å². The second kappa shape index (κ2) is 6.95. The van der Waals surface area contributed by atoms with Gasteiger partial charge < -0.3 is 10.2 Å². The molecule has 0 saturated carbocycles. The minimum absolute atomic E-state index is 0.0373. The molecule has 1 N–H and O–H groups in total. The number of nitro groups is 1. The molecule has 3 rings (SSSR count). The molecule has 0 bridgehead atoms. The molecule has 1 fully saturated rings. The van der Waals surface area contributed by atoms with Crippen LogP contribution >= 0.6 is 0 Å². The SMILES string of the molecule is Cc1cccc(C)c1NC(=O)[C@H]1CC(=O)N(c2ccc([N+](=O)[O-])cc2)C1. The van der Waals surface area contributed by atoms with Crippen LogP contribution in [0.2, 0.25) is 0 Å². The zero-order valence-electron chi connectivity index (χ0n) is 14.6. The molecule has 0 aliphatic carbocycles. The number of nitrogens with one attached hydrogen (secondary N) is 1. The normalized spacial score (nSPS) is 16.6. The van der Waals surface area contributed by atoms with Gasteiger partial charge in [0.1, 0.15) is 0 Å². The van der Waals surface area contributed by atoms with Crippen LogP contribution in [0, 0.1) is 29.9 Å². The third-order valence-corrected chi connectivity index (χ3v) is 4.60. The van der Waals surface area contributed by atoms with Crippen molar-refractivity contribution in [2.24, 2.45) is 5.92 Å². The summed E-state index contributed by atoms with van der Waals surface area (Å²) in [5, 5.41) is 13.7. The van der Waals surface area contributed by atoms with Crippen molar-refractivity contribution in [2.45, 2.75) is 20.3 Å². The van der Waals surface area contributed by atoms with Gasteiger partial charge in [0, 0.05) is 36.5 Å². The van der Waals surface area contributed by atoms with Crippen molar-refractivity contribution in [3.05, 3.63) is 63.7 Å². The molecule has 7 nitrogen and oxygen atoms in total. The van der Waals surface area contributed by atoms with Gasteiger partial charge in [-0.05, 0) is 37.1 Å². The first-order valence-corrected chi connectivity index (χ1v) is 8.28. The smallest absolute Gasteiger partial charge is 0.269 e. The van der Waals surface area contributed by atoms with Gasteiger partial charge in [-0.25, -0.2) is 0 Å². The van der Waals surface area contributed by atoms with Crippen LogP contribution in [0.25, 0.3) is 0 Å². The lowest BCUT2D eigenvalue weighted by Crippen LogP contribution is -2.28. The molecule has 1 atom stereocenters. The highest BCUT2D eigenvalue weighted by molar-refractivity contribution is 6.04. The maximum Gasteiger partial charge on any atom is 0.269 e. The molecule has 0 radical (unpaired) electrons. The molecule has 26 heavy (non-hydrogen) atoms. The standard InChI is InChI=1S/C19H19N3O4/c1-12-4-3-5-13(2)18(12)20-19(24)14-10-17(23)21(11-14)15-6-8-16(9-7-15)22(25)26/h3-9,14H,10-11H2,1-2H3,(H,20,24)/t14-/m0/s1. The third kappa shape index (κ3) is 3.42. The van der Waals surface area contributed by atoms with Gasteiger partial charge in [0.15, 0.2) is 0 Å². The number of para-hydroxylation sites is 1. The van der Waals surface area contributed by atoms with Crippen LogP contribution in [0.1, 0.15) is 17.5 Å². The summed E-state index contributed by atoms with van der Waals surface area (Å²) in [6.07, 6.45) is 0.119. The van der Waals surface area contributed by atoms with Crippen LogP contribution in [0.3, 0.4) is 0 Å². The number of aryl methyl sites for hydroxylation is 2. The number of amides is 2. The molecule has 0 aromatic heterocycles. The summed E-state index contributed by atoms with van der Waals surface area (Å²) in [6, 6.07) is 11.5. The second-order valence-electron chi connectivity index (χ2n) is 6.43. The number of non-ortho nitro benzene ring substituents is 1. The molecule has 1 aliphatic rings. The van der Waals surface area contributed by atoms with E-state index in [0.717, 1.165) is 16.8 Å². The van der Waals surface area contributed by atoms with Crippen LogP contribution < -0.4 is 10.2 Å². The number of rotatable bonds is 4. The van der Waals surface area contributed by atoms with Gasteiger partial charge in [-0.1, -0.05) is 18.2 Å². The largest absolute Gasteiger partial charge is 0.325 e. The lowest BCUT2D eigenvalue weighted by molar-refractivity contribution is -0.384. The van der Waals surface area contributed by atoms with Crippen molar-refractivity contribution in [1.82, 2.24) is 0 Å². The molecule has 0 spiro atoms. The fourth-order valence-electron chi connectivity index (χ4n) is 3.12. The van der Waals surface area contributed by atoms with Crippen LogP contribution in [0.15, 0.2) is 42.5 Å². The van der Waals surface area contributed by atoms with Crippen LogP contribution in [-0.4, -0.2) is 23.3 Å². The van der Waals surface area contributed by atoms with Crippen molar-refractivity contribution in [1.29, 1.82) is 0 Å². The van der Waals surface area contributed by atoms with E-state index >= 15 is 0 Å². The highest BCUT2D eigenvalue weighted by Crippen LogP contribution is 2.28. The fourth-order valence-corrected chi connectivity index (χ4v) is 3.12. The number of nitro benzene ring substituents is 1.